The van der Waals surface area contributed by atoms with Crippen molar-refractivity contribution in [1.29, 1.82) is 0 Å². The van der Waals surface area contributed by atoms with Crippen LogP contribution in [0.1, 0.15) is 21.3 Å². The lowest BCUT2D eigenvalue weighted by atomic mass is 9.89. The van der Waals surface area contributed by atoms with Crippen molar-refractivity contribution in [2.24, 2.45) is 10.9 Å². The number of thiophene rings is 1. The monoisotopic (exact) mass is 363 g/mol. The highest BCUT2D eigenvalue weighted by Gasteiger charge is 2.37. The summed E-state index contributed by atoms with van der Waals surface area (Å²) >= 11 is 3.74. The van der Waals surface area contributed by atoms with E-state index in [0.717, 1.165) is 17.0 Å². The minimum atomic E-state index is 0.255. The average Bonchev–Trinajstić information content (AvgIpc) is 3.10. The van der Waals surface area contributed by atoms with Crippen LogP contribution in [0, 0.1) is 12.8 Å². The number of aliphatic imine (C=N–C) groups is 1. The van der Waals surface area contributed by atoms with Gasteiger partial charge in [0.05, 0.1) is 29.2 Å². The van der Waals surface area contributed by atoms with Crippen LogP contribution in [0.5, 0.6) is 5.75 Å². The molecule has 0 amide bonds. The zero-order valence-corrected chi connectivity index (χ0v) is 15.4. The number of para-hydroxylation sites is 1. The van der Waals surface area contributed by atoms with E-state index in [1.807, 2.05) is 23.1 Å². The molecule has 4 heteroatoms. The predicted molar refractivity (Wildman–Crippen MR) is 106 cm³/mol. The summed E-state index contributed by atoms with van der Waals surface area (Å²) in [5.74, 6) is 1.21. The first-order valence-corrected chi connectivity index (χ1v) is 10.2. The van der Waals surface area contributed by atoms with E-state index < -0.39 is 0 Å². The lowest BCUT2D eigenvalue weighted by Gasteiger charge is -2.31. The summed E-state index contributed by atoms with van der Waals surface area (Å²) in [5.41, 5.74) is 4.63. The van der Waals surface area contributed by atoms with Gasteiger partial charge in [0, 0.05) is 15.3 Å². The summed E-state index contributed by atoms with van der Waals surface area (Å²) < 4.78 is 6.14. The fraction of sp³-hybridized carbons (Fsp3) is 0.190. The maximum absolute atomic E-state index is 6.14. The molecule has 0 N–H and O–H groups in total. The first-order valence-electron chi connectivity index (χ1n) is 8.41. The predicted octanol–water partition coefficient (Wildman–Crippen LogP) is 6.03. The van der Waals surface area contributed by atoms with Crippen molar-refractivity contribution in [1.82, 2.24) is 0 Å². The smallest absolute Gasteiger partial charge is 0.128 e. The minimum Gasteiger partial charge on any atom is -0.492 e. The van der Waals surface area contributed by atoms with Crippen LogP contribution in [-0.4, -0.2) is 12.3 Å². The number of aryl methyl sites for hydroxylation is 1. The van der Waals surface area contributed by atoms with E-state index in [1.165, 1.54) is 21.0 Å². The van der Waals surface area contributed by atoms with Crippen LogP contribution in [0.4, 0.5) is 5.69 Å². The fourth-order valence-electron chi connectivity index (χ4n) is 3.51. The Balaban J connectivity index is 1.73. The van der Waals surface area contributed by atoms with Crippen molar-refractivity contribution in [3.05, 3.63) is 76.0 Å². The molecule has 2 aromatic carbocycles. The highest BCUT2D eigenvalue weighted by molar-refractivity contribution is 7.99. The quantitative estimate of drug-likeness (QED) is 0.526. The molecule has 124 valence electrons. The van der Waals surface area contributed by atoms with Gasteiger partial charge in [0.15, 0.2) is 0 Å². The molecule has 0 fully saturated rings. The highest BCUT2D eigenvalue weighted by atomic mass is 32.2. The highest BCUT2D eigenvalue weighted by Crippen LogP contribution is 2.51. The van der Waals surface area contributed by atoms with Crippen LogP contribution in [0.25, 0.3) is 0 Å². The van der Waals surface area contributed by atoms with E-state index in [1.54, 1.807) is 0 Å². The van der Waals surface area contributed by atoms with Crippen molar-refractivity contribution in [2.75, 3.05) is 6.61 Å². The second-order valence-electron chi connectivity index (χ2n) is 6.44. The normalized spacial score (nSPS) is 21.2. The van der Waals surface area contributed by atoms with E-state index in [2.05, 4.69) is 66.9 Å². The SMILES string of the molecule is Cc1ccc2c(c1)C1=Nc3ccccc3S[C@H](c3cccs3)[C@@H]1CO2. The van der Waals surface area contributed by atoms with Gasteiger partial charge in [-0.15, -0.1) is 23.1 Å². The van der Waals surface area contributed by atoms with Gasteiger partial charge in [-0.25, -0.2) is 0 Å². The van der Waals surface area contributed by atoms with Crippen LogP contribution in [0.3, 0.4) is 0 Å². The van der Waals surface area contributed by atoms with Crippen LogP contribution < -0.4 is 4.74 Å². The zero-order chi connectivity index (χ0) is 16.8. The summed E-state index contributed by atoms with van der Waals surface area (Å²) in [5, 5.41) is 2.49. The fourth-order valence-corrected chi connectivity index (χ4v) is 5.82. The first kappa shape index (κ1) is 15.2. The Kier molecular flexibility index (Phi) is 3.68. The van der Waals surface area contributed by atoms with Gasteiger partial charge in [-0.2, -0.15) is 0 Å². The molecule has 3 aromatic rings. The maximum Gasteiger partial charge on any atom is 0.128 e. The maximum atomic E-state index is 6.14. The van der Waals surface area contributed by atoms with Gasteiger partial charge in [-0.1, -0.05) is 29.8 Å². The van der Waals surface area contributed by atoms with E-state index >= 15 is 0 Å². The van der Waals surface area contributed by atoms with Crippen molar-refractivity contribution in [3.63, 3.8) is 0 Å². The molecule has 0 unspecified atom stereocenters. The number of rotatable bonds is 1. The molecule has 3 heterocycles. The molecule has 2 aliphatic heterocycles. The summed E-state index contributed by atoms with van der Waals surface area (Å²) in [6.45, 7) is 2.80. The second-order valence-corrected chi connectivity index (χ2v) is 8.60. The number of hydrogen-bond acceptors (Lipinski definition) is 4. The summed E-state index contributed by atoms with van der Waals surface area (Å²) in [6.07, 6.45) is 0. The molecule has 0 spiro atoms. The zero-order valence-electron chi connectivity index (χ0n) is 13.8. The van der Waals surface area contributed by atoms with E-state index in [4.69, 9.17) is 9.73 Å². The third-order valence-corrected chi connectivity index (χ3v) is 7.27. The first-order chi connectivity index (χ1) is 12.3. The van der Waals surface area contributed by atoms with Crippen LogP contribution >= 0.6 is 23.1 Å². The molecule has 0 aliphatic carbocycles. The number of nitrogens with zero attached hydrogens (tertiary/aromatic N) is 1. The molecule has 2 atom stereocenters. The lowest BCUT2D eigenvalue weighted by molar-refractivity contribution is 0.272. The molecule has 25 heavy (non-hydrogen) atoms. The van der Waals surface area contributed by atoms with Gasteiger partial charge in [0.2, 0.25) is 0 Å². The van der Waals surface area contributed by atoms with Gasteiger partial charge in [-0.05, 0) is 42.6 Å². The molecule has 0 saturated carbocycles. The van der Waals surface area contributed by atoms with Crippen LogP contribution in [0.2, 0.25) is 0 Å². The number of hydrogen-bond donors (Lipinski definition) is 0. The number of ether oxygens (including phenoxy) is 1. The number of fused-ring (bicyclic) bond motifs is 4. The average molecular weight is 364 g/mol. The van der Waals surface area contributed by atoms with Crippen LogP contribution in [-0.2, 0) is 0 Å². The third-order valence-electron chi connectivity index (χ3n) is 4.73. The lowest BCUT2D eigenvalue weighted by Crippen LogP contribution is -2.31. The molecule has 0 radical (unpaired) electrons. The van der Waals surface area contributed by atoms with Crippen molar-refractivity contribution < 1.29 is 4.74 Å². The van der Waals surface area contributed by atoms with E-state index in [0.29, 0.717) is 11.9 Å². The van der Waals surface area contributed by atoms with Gasteiger partial charge >= 0.3 is 0 Å². The Bertz CT molecular complexity index is 962. The van der Waals surface area contributed by atoms with Crippen LogP contribution in [0.15, 0.2) is 69.9 Å². The summed E-state index contributed by atoms with van der Waals surface area (Å²) in [7, 11) is 0. The summed E-state index contributed by atoms with van der Waals surface area (Å²) in [6, 6.07) is 19.2. The van der Waals surface area contributed by atoms with Crippen molar-refractivity contribution in [2.45, 2.75) is 17.1 Å². The Labute approximate surface area is 155 Å². The number of thioether (sulfide) groups is 1. The van der Waals surface area contributed by atoms with Gasteiger partial charge < -0.3 is 4.74 Å². The van der Waals surface area contributed by atoms with E-state index in [9.17, 15) is 0 Å². The molecule has 5 rings (SSSR count). The molecule has 0 saturated heterocycles. The largest absolute Gasteiger partial charge is 0.492 e. The standard InChI is InChI=1S/C21H17NOS2/c1-13-8-9-17-14(11-13)20-15(12-23-17)21(19-7-4-10-24-19)25-18-6-3-2-5-16(18)22-20/h2-11,15,21H,12H2,1H3/t15-,21+/m1/s1. The Hall–Kier alpha value is -2.04. The number of benzene rings is 2. The molecular formula is C21H17NOS2. The van der Waals surface area contributed by atoms with Crippen molar-refractivity contribution in [3.8, 4) is 5.75 Å². The van der Waals surface area contributed by atoms with E-state index in [-0.39, 0.29) is 5.92 Å². The Morgan fingerprint density at radius 1 is 1.08 bits per heavy atom. The topological polar surface area (TPSA) is 21.6 Å². The van der Waals surface area contributed by atoms with Gasteiger partial charge in [0.25, 0.3) is 0 Å². The summed E-state index contributed by atoms with van der Waals surface area (Å²) in [4.78, 5) is 7.76. The van der Waals surface area contributed by atoms with Gasteiger partial charge in [-0.3, -0.25) is 4.99 Å². The van der Waals surface area contributed by atoms with Crippen molar-refractivity contribution >= 4 is 34.5 Å². The Morgan fingerprint density at radius 3 is 2.88 bits per heavy atom. The second kappa shape index (κ2) is 6.04. The Morgan fingerprint density at radius 2 is 2.00 bits per heavy atom. The molecule has 1 aromatic heterocycles. The molecule has 2 nitrogen and oxygen atoms in total. The third kappa shape index (κ3) is 2.60. The van der Waals surface area contributed by atoms with Gasteiger partial charge in [0.1, 0.15) is 5.75 Å². The molecular weight excluding hydrogens is 346 g/mol. The minimum absolute atomic E-state index is 0.255. The molecule has 2 aliphatic rings. The molecule has 0 bridgehead atoms.